The zero-order chi connectivity index (χ0) is 12.0. The highest BCUT2D eigenvalue weighted by Crippen LogP contribution is 2.27. The van der Waals surface area contributed by atoms with Crippen LogP contribution in [0, 0.1) is 5.92 Å². The highest BCUT2D eigenvalue weighted by Gasteiger charge is 2.07. The molecule has 1 atom stereocenters. The minimum atomic E-state index is 0.204. The molecule has 0 radical (unpaired) electrons. The molecule has 0 aliphatic heterocycles. The Labute approximate surface area is 108 Å². The first-order chi connectivity index (χ1) is 7.67. The standard InChI is InChI=1S/C10H16BrN3OS/c1-3-12-10-13-4-8(11)9(14-10)16-6-7(2)5-15/h4,7,15H,3,5-6H2,1-2H3,(H,12,13,14). The predicted molar refractivity (Wildman–Crippen MR) is 70.9 cm³/mol. The molecule has 0 aliphatic carbocycles. The second-order valence-electron chi connectivity index (χ2n) is 3.48. The van der Waals surface area contributed by atoms with E-state index < -0.39 is 0 Å². The molecule has 1 unspecified atom stereocenters. The van der Waals surface area contributed by atoms with Crippen molar-refractivity contribution in [2.75, 3.05) is 24.2 Å². The highest BCUT2D eigenvalue weighted by molar-refractivity contribution is 9.10. The molecule has 6 heteroatoms. The van der Waals surface area contributed by atoms with E-state index in [4.69, 9.17) is 5.11 Å². The van der Waals surface area contributed by atoms with Crippen molar-refractivity contribution in [1.29, 1.82) is 0 Å². The monoisotopic (exact) mass is 305 g/mol. The summed E-state index contributed by atoms with van der Waals surface area (Å²) in [5.41, 5.74) is 0. The SMILES string of the molecule is CCNc1ncc(Br)c(SCC(C)CO)n1. The number of aliphatic hydroxyl groups is 1. The number of aromatic nitrogens is 2. The van der Waals surface area contributed by atoms with Gasteiger partial charge in [-0.3, -0.25) is 0 Å². The van der Waals surface area contributed by atoms with Crippen LogP contribution in [0.2, 0.25) is 0 Å². The zero-order valence-corrected chi connectivity index (χ0v) is 11.8. The van der Waals surface area contributed by atoms with E-state index >= 15 is 0 Å². The molecule has 1 aromatic rings. The van der Waals surface area contributed by atoms with Crippen molar-refractivity contribution < 1.29 is 5.11 Å². The van der Waals surface area contributed by atoms with Crippen molar-refractivity contribution in [2.24, 2.45) is 5.92 Å². The molecular weight excluding hydrogens is 290 g/mol. The van der Waals surface area contributed by atoms with Gasteiger partial charge >= 0.3 is 0 Å². The number of aliphatic hydroxyl groups excluding tert-OH is 1. The molecule has 1 rings (SSSR count). The Balaban J connectivity index is 2.66. The lowest BCUT2D eigenvalue weighted by Crippen LogP contribution is -2.05. The smallest absolute Gasteiger partial charge is 0.223 e. The third-order valence-electron chi connectivity index (χ3n) is 1.86. The van der Waals surface area contributed by atoms with Crippen molar-refractivity contribution in [3.05, 3.63) is 10.7 Å². The number of nitrogens with one attached hydrogen (secondary N) is 1. The third kappa shape index (κ3) is 4.27. The van der Waals surface area contributed by atoms with Crippen molar-refractivity contribution in [2.45, 2.75) is 18.9 Å². The number of hydrogen-bond donors (Lipinski definition) is 2. The molecule has 1 aromatic heterocycles. The third-order valence-corrected chi connectivity index (χ3v) is 4.03. The van der Waals surface area contributed by atoms with Crippen LogP contribution in [0.25, 0.3) is 0 Å². The molecule has 0 fully saturated rings. The average Bonchev–Trinajstić information content (AvgIpc) is 2.29. The van der Waals surface area contributed by atoms with E-state index in [-0.39, 0.29) is 12.5 Å². The van der Waals surface area contributed by atoms with Crippen LogP contribution in [-0.4, -0.2) is 34.0 Å². The van der Waals surface area contributed by atoms with E-state index in [0.29, 0.717) is 5.95 Å². The minimum absolute atomic E-state index is 0.204. The topological polar surface area (TPSA) is 58.0 Å². The largest absolute Gasteiger partial charge is 0.396 e. The highest BCUT2D eigenvalue weighted by atomic mass is 79.9. The fourth-order valence-corrected chi connectivity index (χ4v) is 2.39. The Morgan fingerprint density at radius 3 is 3.00 bits per heavy atom. The van der Waals surface area contributed by atoms with Gasteiger partial charge in [0.2, 0.25) is 5.95 Å². The molecule has 0 spiro atoms. The number of thioether (sulfide) groups is 1. The van der Waals surface area contributed by atoms with Crippen molar-refractivity contribution in [1.82, 2.24) is 9.97 Å². The van der Waals surface area contributed by atoms with E-state index in [9.17, 15) is 0 Å². The van der Waals surface area contributed by atoms with Crippen LogP contribution in [0.3, 0.4) is 0 Å². The molecule has 0 aliphatic rings. The van der Waals surface area contributed by atoms with E-state index in [2.05, 4.69) is 31.2 Å². The van der Waals surface area contributed by atoms with Gasteiger partial charge in [0.1, 0.15) is 5.03 Å². The summed E-state index contributed by atoms with van der Waals surface area (Å²) in [6, 6.07) is 0. The molecule has 0 saturated heterocycles. The Morgan fingerprint density at radius 2 is 2.38 bits per heavy atom. The molecule has 0 aromatic carbocycles. The van der Waals surface area contributed by atoms with Crippen LogP contribution in [-0.2, 0) is 0 Å². The van der Waals surface area contributed by atoms with Crippen molar-refractivity contribution >= 4 is 33.6 Å². The van der Waals surface area contributed by atoms with Crippen molar-refractivity contribution in [3.63, 3.8) is 0 Å². The Kier molecular flexibility index (Phi) is 6.08. The maximum absolute atomic E-state index is 8.95. The first kappa shape index (κ1) is 13.7. The van der Waals surface area contributed by atoms with Crippen LogP contribution in [0.5, 0.6) is 0 Å². The summed E-state index contributed by atoms with van der Waals surface area (Å²) in [6.45, 7) is 5.02. The second-order valence-corrected chi connectivity index (χ2v) is 5.34. The van der Waals surface area contributed by atoms with Crippen LogP contribution in [0.1, 0.15) is 13.8 Å². The predicted octanol–water partition coefficient (Wildman–Crippen LogP) is 2.39. The summed E-state index contributed by atoms with van der Waals surface area (Å²) in [5.74, 6) is 1.76. The number of halogens is 1. The fraction of sp³-hybridized carbons (Fsp3) is 0.600. The lowest BCUT2D eigenvalue weighted by atomic mass is 10.2. The average molecular weight is 306 g/mol. The van der Waals surface area contributed by atoms with Gasteiger partial charge in [-0.05, 0) is 28.8 Å². The van der Waals surface area contributed by atoms with E-state index in [1.54, 1.807) is 18.0 Å². The number of nitrogens with zero attached hydrogens (tertiary/aromatic N) is 2. The summed E-state index contributed by atoms with van der Waals surface area (Å²) in [7, 11) is 0. The van der Waals surface area contributed by atoms with Gasteiger partial charge in [0.15, 0.2) is 0 Å². The Morgan fingerprint density at radius 1 is 1.62 bits per heavy atom. The van der Waals surface area contributed by atoms with Gasteiger partial charge in [-0.2, -0.15) is 0 Å². The molecule has 1 heterocycles. The second kappa shape index (κ2) is 7.09. The minimum Gasteiger partial charge on any atom is -0.396 e. The maximum Gasteiger partial charge on any atom is 0.223 e. The van der Waals surface area contributed by atoms with Gasteiger partial charge in [0, 0.05) is 25.1 Å². The molecule has 16 heavy (non-hydrogen) atoms. The number of anilines is 1. The normalized spacial score (nSPS) is 12.5. The Bertz CT molecular complexity index is 338. The molecular formula is C10H16BrN3OS. The summed E-state index contributed by atoms with van der Waals surface area (Å²) in [5, 5.41) is 12.9. The van der Waals surface area contributed by atoms with Crippen LogP contribution in [0.4, 0.5) is 5.95 Å². The maximum atomic E-state index is 8.95. The summed E-state index contributed by atoms with van der Waals surface area (Å²) < 4.78 is 0.893. The first-order valence-corrected chi connectivity index (χ1v) is 6.95. The van der Waals surface area contributed by atoms with E-state index in [1.807, 2.05) is 13.8 Å². The van der Waals surface area contributed by atoms with Crippen molar-refractivity contribution in [3.8, 4) is 0 Å². The van der Waals surface area contributed by atoms with Gasteiger partial charge < -0.3 is 10.4 Å². The molecule has 0 saturated carbocycles. The molecule has 0 amide bonds. The number of rotatable bonds is 6. The fourth-order valence-electron chi connectivity index (χ4n) is 0.970. The van der Waals surface area contributed by atoms with Gasteiger partial charge in [-0.1, -0.05) is 6.92 Å². The lowest BCUT2D eigenvalue weighted by Gasteiger charge is -2.09. The van der Waals surface area contributed by atoms with Gasteiger partial charge in [0.25, 0.3) is 0 Å². The molecule has 2 N–H and O–H groups in total. The summed E-state index contributed by atoms with van der Waals surface area (Å²) in [4.78, 5) is 8.52. The van der Waals surface area contributed by atoms with Crippen LogP contribution in [0.15, 0.2) is 15.7 Å². The van der Waals surface area contributed by atoms with Crippen LogP contribution >= 0.6 is 27.7 Å². The molecule has 4 nitrogen and oxygen atoms in total. The van der Waals surface area contributed by atoms with Gasteiger partial charge in [0.05, 0.1) is 4.47 Å². The lowest BCUT2D eigenvalue weighted by molar-refractivity contribution is 0.250. The summed E-state index contributed by atoms with van der Waals surface area (Å²) >= 11 is 5.04. The van der Waals surface area contributed by atoms with E-state index in [1.165, 1.54) is 0 Å². The van der Waals surface area contributed by atoms with Gasteiger partial charge in [-0.15, -0.1) is 11.8 Å². The summed E-state index contributed by atoms with van der Waals surface area (Å²) in [6.07, 6.45) is 1.75. The Hall–Kier alpha value is -0.330. The van der Waals surface area contributed by atoms with Gasteiger partial charge in [-0.25, -0.2) is 9.97 Å². The quantitative estimate of drug-likeness (QED) is 0.624. The van der Waals surface area contributed by atoms with Crippen LogP contribution < -0.4 is 5.32 Å². The molecule has 90 valence electrons. The zero-order valence-electron chi connectivity index (χ0n) is 9.40. The molecule has 0 bridgehead atoms. The first-order valence-electron chi connectivity index (χ1n) is 5.17. The van der Waals surface area contributed by atoms with E-state index in [0.717, 1.165) is 21.8 Å². The number of hydrogen-bond acceptors (Lipinski definition) is 5.